The summed E-state index contributed by atoms with van der Waals surface area (Å²) >= 11 is 0. The Kier molecular flexibility index (Phi) is 3.58. The fourth-order valence-electron chi connectivity index (χ4n) is 4.02. The molecule has 7 heteroatoms. The number of nitrogens with zero attached hydrogens (tertiary/aromatic N) is 2. The summed E-state index contributed by atoms with van der Waals surface area (Å²) in [6, 6.07) is 4.41. The topological polar surface area (TPSA) is 101 Å². The quantitative estimate of drug-likeness (QED) is 0.680. The van der Waals surface area contributed by atoms with Gasteiger partial charge in [0, 0.05) is 30.3 Å². The average Bonchev–Trinajstić information content (AvgIpc) is 3.04. The van der Waals surface area contributed by atoms with Gasteiger partial charge in [0.25, 0.3) is 11.6 Å². The highest BCUT2D eigenvalue weighted by atomic mass is 16.6. The van der Waals surface area contributed by atoms with Crippen LogP contribution in [0.4, 0.5) is 5.69 Å². The monoisotopic (exact) mass is 318 g/mol. The van der Waals surface area contributed by atoms with Crippen LogP contribution in [0, 0.1) is 28.4 Å². The Morgan fingerprint density at radius 1 is 1.43 bits per heavy atom. The summed E-state index contributed by atoms with van der Waals surface area (Å²) in [6.45, 7) is 2.15. The molecule has 0 spiro atoms. The molecule has 1 aromatic carbocycles. The van der Waals surface area contributed by atoms with E-state index in [1.165, 1.54) is 12.1 Å². The molecule has 1 aliphatic heterocycles. The lowest BCUT2D eigenvalue weighted by molar-refractivity contribution is -0.385. The van der Waals surface area contributed by atoms with Gasteiger partial charge in [-0.1, -0.05) is 12.5 Å². The molecule has 23 heavy (non-hydrogen) atoms. The zero-order chi connectivity index (χ0) is 16.8. The van der Waals surface area contributed by atoms with Gasteiger partial charge >= 0.3 is 5.97 Å². The lowest BCUT2D eigenvalue weighted by atomic mass is 9.81. The smallest absolute Gasteiger partial charge is 0.311 e. The molecule has 0 unspecified atom stereocenters. The van der Waals surface area contributed by atoms with Crippen molar-refractivity contribution in [3.63, 3.8) is 0 Å². The molecule has 1 aliphatic carbocycles. The van der Waals surface area contributed by atoms with Crippen LogP contribution in [-0.4, -0.2) is 39.9 Å². The zero-order valence-electron chi connectivity index (χ0n) is 12.8. The van der Waals surface area contributed by atoms with Crippen LogP contribution in [0.5, 0.6) is 0 Å². The van der Waals surface area contributed by atoms with E-state index in [1.807, 2.05) is 0 Å². The van der Waals surface area contributed by atoms with Gasteiger partial charge in [0.1, 0.15) is 0 Å². The highest BCUT2D eigenvalue weighted by molar-refractivity contribution is 5.97. The largest absolute Gasteiger partial charge is 0.481 e. The van der Waals surface area contributed by atoms with Gasteiger partial charge in [-0.15, -0.1) is 0 Å². The van der Waals surface area contributed by atoms with Gasteiger partial charge in [-0.3, -0.25) is 19.7 Å². The Morgan fingerprint density at radius 2 is 2.17 bits per heavy atom. The molecule has 1 aromatic rings. The number of amides is 1. The lowest BCUT2D eigenvalue weighted by Crippen LogP contribution is -2.37. The minimum absolute atomic E-state index is 0.0250. The Bertz CT molecular complexity index is 702. The third kappa shape index (κ3) is 2.27. The van der Waals surface area contributed by atoms with Crippen molar-refractivity contribution < 1.29 is 19.6 Å². The van der Waals surface area contributed by atoms with Crippen molar-refractivity contribution in [3.05, 3.63) is 39.4 Å². The van der Waals surface area contributed by atoms with Crippen molar-refractivity contribution >= 4 is 17.6 Å². The molecule has 1 heterocycles. The molecule has 1 amide bonds. The molecular weight excluding hydrogens is 300 g/mol. The van der Waals surface area contributed by atoms with Crippen molar-refractivity contribution in [1.29, 1.82) is 0 Å². The zero-order valence-corrected chi connectivity index (χ0v) is 12.8. The molecule has 0 radical (unpaired) electrons. The molecule has 1 N–H and O–H groups in total. The number of aliphatic carboxylic acids is 1. The Morgan fingerprint density at radius 3 is 2.78 bits per heavy atom. The van der Waals surface area contributed by atoms with Crippen LogP contribution in [0.25, 0.3) is 0 Å². The van der Waals surface area contributed by atoms with Crippen LogP contribution in [0.15, 0.2) is 18.2 Å². The first kappa shape index (κ1) is 15.5. The van der Waals surface area contributed by atoms with Crippen LogP contribution in [0.1, 0.15) is 35.2 Å². The second-order valence-electron chi connectivity index (χ2n) is 6.44. The average molecular weight is 318 g/mol. The number of carboxylic acids is 1. The number of hydrogen-bond donors (Lipinski definition) is 1. The van der Waals surface area contributed by atoms with Crippen LogP contribution in [-0.2, 0) is 4.79 Å². The van der Waals surface area contributed by atoms with E-state index in [4.69, 9.17) is 0 Å². The number of carbonyl (C=O) groups excluding carboxylic acids is 1. The Balaban J connectivity index is 1.90. The number of hydrogen-bond acceptors (Lipinski definition) is 4. The second kappa shape index (κ2) is 5.33. The first-order valence-electron chi connectivity index (χ1n) is 7.63. The van der Waals surface area contributed by atoms with E-state index in [9.17, 15) is 24.8 Å². The van der Waals surface area contributed by atoms with Gasteiger partial charge < -0.3 is 10.0 Å². The standard InChI is InChI=1S/C16H18N2O5/c1-10-12(5-2-6-13(10)18(22)23)14(19)17-8-11-4-3-7-16(11,9-17)15(20)21/h2,5-6,11H,3-4,7-9H2,1H3,(H,20,21)/t11-,16+/m0/s1. The summed E-state index contributed by atoms with van der Waals surface area (Å²) in [5.74, 6) is -1.18. The normalized spacial score (nSPS) is 26.1. The SMILES string of the molecule is Cc1c(C(=O)N2C[C@@H]3CCC[C@@]3(C(=O)O)C2)cccc1[N+](=O)[O-]. The van der Waals surface area contributed by atoms with Gasteiger partial charge in [-0.25, -0.2) is 0 Å². The predicted molar refractivity (Wildman–Crippen MR) is 81.1 cm³/mol. The highest BCUT2D eigenvalue weighted by Gasteiger charge is 2.55. The van der Waals surface area contributed by atoms with Crippen LogP contribution >= 0.6 is 0 Å². The molecule has 1 saturated carbocycles. The summed E-state index contributed by atoms with van der Waals surface area (Å²) in [4.78, 5) is 36.5. The maximum Gasteiger partial charge on any atom is 0.311 e. The van der Waals surface area contributed by atoms with E-state index < -0.39 is 16.3 Å². The molecule has 3 rings (SSSR count). The summed E-state index contributed by atoms with van der Waals surface area (Å²) in [5, 5.41) is 20.6. The number of benzene rings is 1. The van der Waals surface area contributed by atoms with E-state index in [0.717, 1.165) is 12.8 Å². The summed E-state index contributed by atoms with van der Waals surface area (Å²) in [5.41, 5.74) is -0.337. The van der Waals surface area contributed by atoms with Crippen molar-refractivity contribution in [2.45, 2.75) is 26.2 Å². The van der Waals surface area contributed by atoms with Gasteiger partial charge in [-0.05, 0) is 31.7 Å². The Hall–Kier alpha value is -2.44. The van der Waals surface area contributed by atoms with Gasteiger partial charge in [0.2, 0.25) is 0 Å². The molecule has 0 bridgehead atoms. The third-order valence-electron chi connectivity index (χ3n) is 5.32. The number of likely N-dealkylation sites (tertiary alicyclic amines) is 1. The van der Waals surface area contributed by atoms with Crippen LogP contribution in [0.2, 0.25) is 0 Å². The maximum absolute atomic E-state index is 12.7. The van der Waals surface area contributed by atoms with E-state index in [2.05, 4.69) is 0 Å². The molecule has 2 atom stereocenters. The number of rotatable bonds is 3. The van der Waals surface area contributed by atoms with Crippen molar-refractivity contribution in [1.82, 2.24) is 4.90 Å². The van der Waals surface area contributed by atoms with E-state index in [0.29, 0.717) is 18.5 Å². The molecule has 0 aromatic heterocycles. The molecule has 1 saturated heterocycles. The highest BCUT2D eigenvalue weighted by Crippen LogP contribution is 2.49. The Labute approximate surface area is 133 Å². The molecule has 2 aliphatic rings. The molecule has 7 nitrogen and oxygen atoms in total. The lowest BCUT2D eigenvalue weighted by Gasteiger charge is -2.23. The fraction of sp³-hybridized carbons (Fsp3) is 0.500. The number of carbonyl (C=O) groups is 2. The van der Waals surface area contributed by atoms with Gasteiger partial charge in [-0.2, -0.15) is 0 Å². The summed E-state index contributed by atoms with van der Waals surface area (Å²) < 4.78 is 0. The van der Waals surface area contributed by atoms with Crippen molar-refractivity contribution in [2.24, 2.45) is 11.3 Å². The third-order valence-corrected chi connectivity index (χ3v) is 5.32. The van der Waals surface area contributed by atoms with Crippen LogP contribution in [0.3, 0.4) is 0 Å². The molecule has 2 fully saturated rings. The molecule has 122 valence electrons. The number of nitro groups is 1. The van der Waals surface area contributed by atoms with Crippen molar-refractivity contribution in [3.8, 4) is 0 Å². The number of carboxylic acid groups (broad SMARTS) is 1. The van der Waals surface area contributed by atoms with E-state index >= 15 is 0 Å². The van der Waals surface area contributed by atoms with Gasteiger partial charge in [0.05, 0.1) is 10.3 Å². The summed E-state index contributed by atoms with van der Waals surface area (Å²) in [6.07, 6.45) is 2.27. The molecular formula is C16H18N2O5. The maximum atomic E-state index is 12.7. The fourth-order valence-corrected chi connectivity index (χ4v) is 4.02. The van der Waals surface area contributed by atoms with Crippen LogP contribution < -0.4 is 0 Å². The first-order valence-corrected chi connectivity index (χ1v) is 7.63. The number of fused-ring (bicyclic) bond motifs is 1. The second-order valence-corrected chi connectivity index (χ2v) is 6.44. The minimum Gasteiger partial charge on any atom is -0.481 e. The van der Waals surface area contributed by atoms with Crippen molar-refractivity contribution in [2.75, 3.05) is 13.1 Å². The van der Waals surface area contributed by atoms with E-state index in [-0.39, 0.29) is 29.6 Å². The first-order chi connectivity index (χ1) is 10.9. The number of nitro benzene ring substituents is 1. The summed E-state index contributed by atoms with van der Waals surface area (Å²) in [7, 11) is 0. The minimum atomic E-state index is -0.843. The van der Waals surface area contributed by atoms with E-state index in [1.54, 1.807) is 17.9 Å². The predicted octanol–water partition coefficient (Wildman–Crippen LogP) is 2.23. The van der Waals surface area contributed by atoms with Gasteiger partial charge in [0.15, 0.2) is 0 Å².